The molecular formula is C29H38O4Si. The molecule has 1 unspecified atom stereocenters. The van der Waals surface area contributed by atoms with Crippen LogP contribution in [0, 0.1) is 23.7 Å². The van der Waals surface area contributed by atoms with Crippen LogP contribution in [0.15, 0.2) is 54.6 Å². The molecule has 0 amide bonds. The standard InChI is InChI=1S/C29H38O4Si/c1-27(2,3)34(4,5)31-26-13-9-12-25(19-26)30-29(22-10-7-6-8-11-22)28(32-33-29)23-15-20-14-21(17-23)18-24(28)16-20/h6-13,19-21,23-24H,14-18H2,1-5H3. The molecule has 2 aromatic rings. The first-order valence-corrected chi connectivity index (χ1v) is 15.9. The maximum Gasteiger partial charge on any atom is 0.299 e. The topological polar surface area (TPSA) is 36.9 Å². The van der Waals surface area contributed by atoms with Gasteiger partial charge < -0.3 is 9.16 Å². The highest BCUT2D eigenvalue weighted by molar-refractivity contribution is 6.74. The van der Waals surface area contributed by atoms with E-state index in [1.54, 1.807) is 0 Å². The van der Waals surface area contributed by atoms with E-state index in [0.29, 0.717) is 11.8 Å². The van der Waals surface area contributed by atoms with E-state index in [9.17, 15) is 0 Å². The summed E-state index contributed by atoms with van der Waals surface area (Å²) in [6.07, 6.45) is 6.30. The minimum absolute atomic E-state index is 0.129. The van der Waals surface area contributed by atoms with Gasteiger partial charge in [0.25, 0.3) is 5.79 Å². The van der Waals surface area contributed by atoms with Crippen LogP contribution < -0.4 is 9.16 Å². The third-order valence-corrected chi connectivity index (χ3v) is 13.9. The van der Waals surface area contributed by atoms with E-state index in [0.717, 1.165) is 28.9 Å². The maximum absolute atomic E-state index is 6.93. The van der Waals surface area contributed by atoms with E-state index < -0.39 is 19.7 Å². The fourth-order valence-corrected chi connectivity index (χ4v) is 8.10. The number of rotatable bonds is 5. The van der Waals surface area contributed by atoms with Crippen LogP contribution in [0.4, 0.5) is 0 Å². The molecule has 0 N–H and O–H groups in total. The van der Waals surface area contributed by atoms with Gasteiger partial charge in [-0.05, 0) is 86.0 Å². The summed E-state index contributed by atoms with van der Waals surface area (Å²) in [6, 6.07) is 18.6. The fourth-order valence-electron chi connectivity index (χ4n) is 7.07. The first-order chi connectivity index (χ1) is 16.1. The van der Waals surface area contributed by atoms with Gasteiger partial charge in [0.15, 0.2) is 5.60 Å². The van der Waals surface area contributed by atoms with Crippen molar-refractivity contribution < 1.29 is 18.9 Å². The monoisotopic (exact) mass is 478 g/mol. The van der Waals surface area contributed by atoms with Crippen molar-refractivity contribution in [2.45, 2.75) is 82.4 Å². The van der Waals surface area contributed by atoms with Gasteiger partial charge in [-0.25, -0.2) is 4.89 Å². The zero-order chi connectivity index (χ0) is 23.8. The molecule has 4 nitrogen and oxygen atoms in total. The lowest BCUT2D eigenvalue weighted by molar-refractivity contribution is -0.635. The number of benzene rings is 2. The molecule has 2 aromatic carbocycles. The Morgan fingerprint density at radius 2 is 1.41 bits per heavy atom. The van der Waals surface area contributed by atoms with Gasteiger partial charge in [-0.2, -0.15) is 4.89 Å². The lowest BCUT2D eigenvalue weighted by Crippen LogP contribution is -2.77. The Balaban J connectivity index is 1.37. The van der Waals surface area contributed by atoms with Crippen molar-refractivity contribution in [1.82, 2.24) is 0 Å². The lowest BCUT2D eigenvalue weighted by Gasteiger charge is -2.68. The van der Waals surface area contributed by atoms with Crippen LogP contribution in [0.1, 0.15) is 58.4 Å². The molecule has 5 aliphatic rings. The quantitative estimate of drug-likeness (QED) is 0.330. The average molecular weight is 479 g/mol. The smallest absolute Gasteiger partial charge is 0.299 e. The van der Waals surface area contributed by atoms with Crippen molar-refractivity contribution in [3.63, 3.8) is 0 Å². The summed E-state index contributed by atoms with van der Waals surface area (Å²) >= 11 is 0. The molecule has 7 rings (SSSR count). The van der Waals surface area contributed by atoms with E-state index in [2.05, 4.69) is 58.1 Å². The van der Waals surface area contributed by atoms with E-state index in [-0.39, 0.29) is 5.04 Å². The van der Waals surface area contributed by atoms with Crippen LogP contribution in [-0.2, 0) is 15.6 Å². The molecule has 0 aromatic heterocycles. The fraction of sp³-hybridized carbons (Fsp3) is 0.586. The molecular weight excluding hydrogens is 440 g/mol. The van der Waals surface area contributed by atoms with Gasteiger partial charge in [-0.15, -0.1) is 0 Å². The van der Waals surface area contributed by atoms with Gasteiger partial charge in [0.05, 0.1) is 0 Å². The van der Waals surface area contributed by atoms with E-state index in [1.165, 1.54) is 32.1 Å². The molecule has 5 heteroatoms. The first-order valence-electron chi connectivity index (χ1n) is 13.0. The molecule has 4 bridgehead atoms. The molecule has 34 heavy (non-hydrogen) atoms. The van der Waals surface area contributed by atoms with Crippen molar-refractivity contribution in [2.75, 3.05) is 0 Å². The Hall–Kier alpha value is -1.82. The molecule has 1 spiro atoms. The Morgan fingerprint density at radius 1 is 0.794 bits per heavy atom. The van der Waals surface area contributed by atoms with Crippen LogP contribution in [0.25, 0.3) is 0 Å². The van der Waals surface area contributed by atoms with Crippen molar-refractivity contribution in [3.8, 4) is 11.5 Å². The van der Waals surface area contributed by atoms with Crippen LogP contribution in [0.5, 0.6) is 11.5 Å². The summed E-state index contributed by atoms with van der Waals surface area (Å²) in [5, 5.41) is 0.129. The zero-order valence-corrected chi connectivity index (χ0v) is 22.2. The predicted octanol–water partition coefficient (Wildman–Crippen LogP) is 7.46. The Kier molecular flexibility index (Phi) is 5.05. The third-order valence-electron chi connectivity index (χ3n) is 9.56. The average Bonchev–Trinajstić information content (AvgIpc) is 2.76. The second-order valence-corrected chi connectivity index (χ2v) is 17.4. The van der Waals surface area contributed by atoms with Gasteiger partial charge in [0.2, 0.25) is 8.32 Å². The van der Waals surface area contributed by atoms with Crippen molar-refractivity contribution >= 4 is 8.32 Å². The van der Waals surface area contributed by atoms with Crippen molar-refractivity contribution in [3.05, 3.63) is 60.2 Å². The summed E-state index contributed by atoms with van der Waals surface area (Å²) < 4.78 is 13.5. The highest BCUT2D eigenvalue weighted by Crippen LogP contribution is 2.69. The highest BCUT2D eigenvalue weighted by Gasteiger charge is 2.77. The minimum Gasteiger partial charge on any atom is -0.543 e. The SMILES string of the molecule is CC(C)(C)[Si](C)(C)Oc1cccc(OC2(c3ccccc3)OOC23C2CC4CC(C2)CC3C4)c1. The number of hydrogen-bond acceptors (Lipinski definition) is 4. The second-order valence-electron chi connectivity index (χ2n) is 12.7. The maximum atomic E-state index is 6.93. The second kappa shape index (κ2) is 7.59. The van der Waals surface area contributed by atoms with Gasteiger partial charge in [0.1, 0.15) is 11.5 Å². The molecule has 1 heterocycles. The van der Waals surface area contributed by atoms with Crippen LogP contribution in [-0.4, -0.2) is 13.9 Å². The third kappa shape index (κ3) is 3.23. The molecule has 1 aliphatic heterocycles. The summed E-state index contributed by atoms with van der Waals surface area (Å²) in [5.74, 6) is 3.35. The molecule has 4 aliphatic carbocycles. The van der Waals surface area contributed by atoms with Gasteiger partial charge in [-0.1, -0.05) is 57.2 Å². The van der Waals surface area contributed by atoms with Crippen LogP contribution >= 0.6 is 0 Å². The molecule has 1 saturated heterocycles. The highest BCUT2D eigenvalue weighted by atomic mass is 28.4. The molecule has 182 valence electrons. The first kappa shape index (κ1) is 22.6. The largest absolute Gasteiger partial charge is 0.543 e. The minimum atomic E-state index is -1.96. The Bertz CT molecular complexity index is 1030. The Labute approximate surface area is 205 Å². The van der Waals surface area contributed by atoms with Crippen molar-refractivity contribution in [2.24, 2.45) is 23.7 Å². The number of hydrogen-bond donors (Lipinski definition) is 0. The van der Waals surface area contributed by atoms with Crippen LogP contribution in [0.2, 0.25) is 18.1 Å². The Morgan fingerprint density at radius 3 is 1.97 bits per heavy atom. The zero-order valence-electron chi connectivity index (χ0n) is 21.2. The summed E-state index contributed by atoms with van der Waals surface area (Å²) in [5.41, 5.74) is 0.627. The van der Waals surface area contributed by atoms with Crippen LogP contribution in [0.3, 0.4) is 0 Å². The predicted molar refractivity (Wildman–Crippen MR) is 135 cm³/mol. The number of ether oxygens (including phenoxy) is 1. The summed E-state index contributed by atoms with van der Waals surface area (Å²) in [7, 11) is -1.96. The van der Waals surface area contributed by atoms with Gasteiger partial charge in [-0.3, -0.25) is 0 Å². The molecule has 1 atom stereocenters. The molecule has 4 saturated carbocycles. The van der Waals surface area contributed by atoms with Gasteiger partial charge in [0, 0.05) is 11.6 Å². The van der Waals surface area contributed by atoms with E-state index in [4.69, 9.17) is 18.9 Å². The van der Waals surface area contributed by atoms with Crippen molar-refractivity contribution in [1.29, 1.82) is 0 Å². The lowest BCUT2D eigenvalue weighted by atomic mass is 9.47. The molecule has 0 radical (unpaired) electrons. The van der Waals surface area contributed by atoms with E-state index in [1.807, 2.05) is 30.3 Å². The van der Waals surface area contributed by atoms with E-state index >= 15 is 0 Å². The summed E-state index contributed by atoms with van der Waals surface area (Å²) in [4.78, 5) is 12.4. The summed E-state index contributed by atoms with van der Waals surface area (Å²) in [6.45, 7) is 11.3. The normalized spacial score (nSPS) is 36.4. The molecule has 5 fully saturated rings. The van der Waals surface area contributed by atoms with Gasteiger partial charge >= 0.3 is 0 Å².